The molecule has 7 aromatic rings. The van der Waals surface area contributed by atoms with Gasteiger partial charge in [-0.15, -0.1) is 0 Å². The predicted octanol–water partition coefficient (Wildman–Crippen LogP) is 8.39. The van der Waals surface area contributed by atoms with E-state index in [0.29, 0.717) is 0 Å². The molecule has 0 bridgehead atoms. The molecule has 0 aliphatic carbocycles. The summed E-state index contributed by atoms with van der Waals surface area (Å²) in [5.74, 6) is 6.56. The molecule has 0 fully saturated rings. The summed E-state index contributed by atoms with van der Waals surface area (Å²) in [5.41, 5.74) is 8.98. The second-order valence-corrected chi connectivity index (χ2v) is 10.8. The molecule has 1 aliphatic rings. The molecule has 0 spiro atoms. The Kier molecular flexibility index (Phi) is 6.02. The van der Waals surface area contributed by atoms with Gasteiger partial charge in [-0.2, -0.15) is 0 Å². The second kappa shape index (κ2) is 10.3. The summed E-state index contributed by atoms with van der Waals surface area (Å²) in [4.78, 5) is 5.15. The zero-order valence-electron chi connectivity index (χ0n) is 23.5. The van der Waals surface area contributed by atoms with Gasteiger partial charge in [-0.1, -0.05) is 97.1 Å². The molecule has 1 atom stereocenters. The van der Waals surface area contributed by atoms with Gasteiger partial charge in [-0.25, -0.2) is 10.8 Å². The number of hydrogen-bond donors (Lipinski definition) is 1. The van der Waals surface area contributed by atoms with Crippen LogP contribution in [0.5, 0.6) is 0 Å². The number of rotatable bonds is 5. The lowest BCUT2D eigenvalue weighted by Crippen LogP contribution is -2.37. The van der Waals surface area contributed by atoms with E-state index >= 15 is 0 Å². The van der Waals surface area contributed by atoms with Crippen molar-refractivity contribution in [3.63, 3.8) is 0 Å². The van der Waals surface area contributed by atoms with E-state index in [2.05, 4.69) is 137 Å². The Morgan fingerprint density at radius 3 is 2.23 bits per heavy atom. The standard InChI is InChI=1S/C38H29N5/c39-43-23-10-18-31(29-14-9-13-28(25-29)27-11-3-1-4-12-27)38(43)40-26-42-35-19-8-7-17-32(35)33-20-21-36-34(37(33)42)22-24-41(36)30-15-5-2-6-16-30/h1-26,38H,39H2. The van der Waals surface area contributed by atoms with Crippen molar-refractivity contribution >= 4 is 44.6 Å². The summed E-state index contributed by atoms with van der Waals surface area (Å²) in [6, 6.07) is 44.6. The average Bonchev–Trinajstić information content (AvgIpc) is 3.64. The highest BCUT2D eigenvalue weighted by Gasteiger charge is 2.22. The van der Waals surface area contributed by atoms with Crippen molar-refractivity contribution in [1.82, 2.24) is 14.1 Å². The third-order valence-electron chi connectivity index (χ3n) is 8.29. The Hall–Kier alpha value is -5.65. The molecular formula is C38H29N5. The van der Waals surface area contributed by atoms with Gasteiger partial charge < -0.3 is 4.57 Å². The third kappa shape index (κ3) is 4.26. The molecule has 0 radical (unpaired) electrons. The minimum Gasteiger partial charge on any atom is -0.316 e. The van der Waals surface area contributed by atoms with Crippen molar-refractivity contribution in [3.8, 4) is 16.8 Å². The number of benzene rings is 5. The lowest BCUT2D eigenvalue weighted by molar-refractivity contribution is 0.346. The molecule has 5 aromatic carbocycles. The third-order valence-corrected chi connectivity index (χ3v) is 8.29. The van der Waals surface area contributed by atoms with E-state index < -0.39 is 0 Å². The fourth-order valence-electron chi connectivity index (χ4n) is 6.26. The van der Waals surface area contributed by atoms with E-state index in [1.54, 1.807) is 5.01 Å². The van der Waals surface area contributed by atoms with Crippen LogP contribution in [-0.2, 0) is 0 Å². The van der Waals surface area contributed by atoms with Crippen LogP contribution in [0, 0.1) is 0 Å². The minimum atomic E-state index is -0.389. The first kappa shape index (κ1) is 25.1. The number of nitrogens with two attached hydrogens (primary N) is 1. The smallest absolute Gasteiger partial charge is 0.162 e. The minimum absolute atomic E-state index is 0.389. The molecule has 0 saturated carbocycles. The number of allylic oxidation sites excluding steroid dienone is 2. The van der Waals surface area contributed by atoms with E-state index in [-0.39, 0.29) is 6.17 Å². The molecule has 0 amide bonds. The van der Waals surface area contributed by atoms with E-state index in [4.69, 9.17) is 10.8 Å². The number of para-hydroxylation sites is 2. The van der Waals surface area contributed by atoms with Crippen molar-refractivity contribution in [1.29, 1.82) is 0 Å². The molecule has 1 aliphatic heterocycles. The monoisotopic (exact) mass is 555 g/mol. The lowest BCUT2D eigenvalue weighted by Gasteiger charge is -2.28. The van der Waals surface area contributed by atoms with Gasteiger partial charge in [0, 0.05) is 39.8 Å². The van der Waals surface area contributed by atoms with Crippen molar-refractivity contribution in [3.05, 3.63) is 158 Å². The fourth-order valence-corrected chi connectivity index (χ4v) is 6.26. The molecule has 0 saturated heterocycles. The number of hydrogen-bond acceptors (Lipinski definition) is 3. The van der Waals surface area contributed by atoms with Gasteiger partial charge in [-0.3, -0.25) is 9.58 Å². The Morgan fingerprint density at radius 2 is 1.37 bits per heavy atom. The summed E-state index contributed by atoms with van der Waals surface area (Å²) >= 11 is 0. The topological polar surface area (TPSA) is 51.5 Å². The molecule has 1 unspecified atom stereocenters. The summed E-state index contributed by atoms with van der Waals surface area (Å²) in [6.45, 7) is 0. The molecule has 2 aromatic heterocycles. The van der Waals surface area contributed by atoms with Crippen molar-refractivity contribution < 1.29 is 0 Å². The van der Waals surface area contributed by atoms with Gasteiger partial charge in [0.25, 0.3) is 0 Å². The van der Waals surface area contributed by atoms with Crippen LogP contribution >= 0.6 is 0 Å². The van der Waals surface area contributed by atoms with Gasteiger partial charge in [0.2, 0.25) is 0 Å². The van der Waals surface area contributed by atoms with Crippen LogP contribution in [-0.4, -0.2) is 26.6 Å². The number of fused-ring (bicyclic) bond motifs is 5. The van der Waals surface area contributed by atoms with Gasteiger partial charge in [-0.05, 0) is 59.2 Å². The Balaban J connectivity index is 1.26. The van der Waals surface area contributed by atoms with Crippen molar-refractivity contribution in [2.75, 3.05) is 0 Å². The van der Waals surface area contributed by atoms with E-state index in [1.807, 2.05) is 30.7 Å². The number of aliphatic imine (C=N–C) groups is 1. The first-order chi connectivity index (χ1) is 21.3. The molecule has 3 heterocycles. The highest BCUT2D eigenvalue weighted by Crippen LogP contribution is 2.35. The van der Waals surface area contributed by atoms with Gasteiger partial charge in [0.05, 0.1) is 22.9 Å². The fraction of sp³-hybridized carbons (Fsp3) is 0.0263. The van der Waals surface area contributed by atoms with Crippen LogP contribution < -0.4 is 5.84 Å². The van der Waals surface area contributed by atoms with Crippen molar-refractivity contribution in [2.45, 2.75) is 6.17 Å². The summed E-state index contributed by atoms with van der Waals surface area (Å²) in [7, 11) is 0. The molecule has 5 nitrogen and oxygen atoms in total. The SMILES string of the molecule is NN1C=CC=C(c2cccc(-c3ccccc3)c2)C1N=Cn1c2ccccc2c2ccc3c(ccn3-c3ccccc3)c21. The van der Waals surface area contributed by atoms with Gasteiger partial charge in [0.15, 0.2) is 6.17 Å². The number of aromatic nitrogens is 2. The first-order valence-corrected chi connectivity index (χ1v) is 14.4. The van der Waals surface area contributed by atoms with Crippen LogP contribution in [0.15, 0.2) is 157 Å². The molecule has 2 N–H and O–H groups in total. The lowest BCUT2D eigenvalue weighted by atomic mass is 9.96. The zero-order valence-corrected chi connectivity index (χ0v) is 23.5. The molecule has 5 heteroatoms. The highest BCUT2D eigenvalue weighted by molar-refractivity contribution is 6.20. The van der Waals surface area contributed by atoms with Gasteiger partial charge in [0.1, 0.15) is 0 Å². The maximum atomic E-state index is 6.56. The largest absolute Gasteiger partial charge is 0.316 e. The molecule has 43 heavy (non-hydrogen) atoms. The summed E-state index contributed by atoms with van der Waals surface area (Å²) in [6.07, 6.45) is 9.67. The van der Waals surface area contributed by atoms with Crippen LogP contribution in [0.3, 0.4) is 0 Å². The van der Waals surface area contributed by atoms with E-state index in [9.17, 15) is 0 Å². The molecule has 206 valence electrons. The normalized spacial score (nSPS) is 15.2. The number of hydrazine groups is 1. The highest BCUT2D eigenvalue weighted by atomic mass is 15.5. The Bertz CT molecular complexity index is 2200. The predicted molar refractivity (Wildman–Crippen MR) is 179 cm³/mol. The average molecular weight is 556 g/mol. The van der Waals surface area contributed by atoms with Gasteiger partial charge >= 0.3 is 0 Å². The van der Waals surface area contributed by atoms with E-state index in [1.165, 1.54) is 21.7 Å². The zero-order chi connectivity index (χ0) is 28.8. The summed E-state index contributed by atoms with van der Waals surface area (Å²) in [5, 5.41) is 5.23. The van der Waals surface area contributed by atoms with Crippen LogP contribution in [0.25, 0.3) is 55.1 Å². The first-order valence-electron chi connectivity index (χ1n) is 14.4. The van der Waals surface area contributed by atoms with Crippen molar-refractivity contribution in [2.24, 2.45) is 10.8 Å². The summed E-state index contributed by atoms with van der Waals surface area (Å²) < 4.78 is 4.45. The second-order valence-electron chi connectivity index (χ2n) is 10.8. The Morgan fingerprint density at radius 1 is 0.628 bits per heavy atom. The molecule has 8 rings (SSSR count). The van der Waals surface area contributed by atoms with E-state index in [0.717, 1.165) is 38.9 Å². The maximum absolute atomic E-state index is 6.56. The molecular weight excluding hydrogens is 526 g/mol. The van der Waals surface area contributed by atoms with Crippen LogP contribution in [0.4, 0.5) is 0 Å². The Labute approximate surface area is 249 Å². The number of nitrogens with zero attached hydrogens (tertiary/aromatic N) is 4. The maximum Gasteiger partial charge on any atom is 0.162 e. The van der Waals surface area contributed by atoms with Crippen LogP contribution in [0.2, 0.25) is 0 Å². The quantitative estimate of drug-likeness (QED) is 0.132. The van der Waals surface area contributed by atoms with Crippen LogP contribution in [0.1, 0.15) is 5.56 Å².